The van der Waals surface area contributed by atoms with Crippen molar-refractivity contribution in [2.75, 3.05) is 13.2 Å². The Bertz CT molecular complexity index is 1200. The number of benzene rings is 1. The minimum atomic E-state index is -0.0698. The number of thioether (sulfide) groups is 1. The molecule has 0 unspecified atom stereocenters. The molecule has 0 saturated carbocycles. The summed E-state index contributed by atoms with van der Waals surface area (Å²) in [6.45, 7) is 5.79. The molecule has 0 atom stereocenters. The molecular formula is C20H24N6O3S. The molecule has 0 saturated heterocycles. The van der Waals surface area contributed by atoms with Gasteiger partial charge in [0.1, 0.15) is 0 Å². The lowest BCUT2D eigenvalue weighted by atomic mass is 10.2. The van der Waals surface area contributed by atoms with Crippen LogP contribution in [0.1, 0.15) is 38.4 Å². The summed E-state index contributed by atoms with van der Waals surface area (Å²) in [6.07, 6.45) is 2.48. The van der Waals surface area contributed by atoms with Crippen molar-refractivity contribution < 1.29 is 9.26 Å². The second-order valence-corrected chi connectivity index (χ2v) is 7.73. The molecule has 1 aromatic carbocycles. The lowest BCUT2D eigenvalue weighted by Gasteiger charge is -2.11. The molecule has 0 N–H and O–H groups in total. The standard InChI is InChI=1S/C20H24N6O3S/c1-3-8-16-21-17(29-24-16)13-30-20-23-22-19-25(11-7-12-28-4-2)18(27)14-9-5-6-10-15(14)26(19)20/h5-6,9-10H,3-4,7-8,11-13H2,1-2H3. The van der Waals surface area contributed by atoms with Gasteiger partial charge in [-0.15, -0.1) is 10.2 Å². The van der Waals surface area contributed by atoms with Crippen LogP contribution in [0.25, 0.3) is 16.7 Å². The summed E-state index contributed by atoms with van der Waals surface area (Å²) in [5, 5.41) is 14.0. The molecular weight excluding hydrogens is 404 g/mol. The molecule has 10 heteroatoms. The van der Waals surface area contributed by atoms with Gasteiger partial charge in [-0.25, -0.2) is 0 Å². The molecule has 0 aliphatic heterocycles. The van der Waals surface area contributed by atoms with Crippen LogP contribution in [0.15, 0.2) is 38.7 Å². The van der Waals surface area contributed by atoms with E-state index in [1.807, 2.05) is 35.6 Å². The SMILES string of the molecule is CCCc1noc(CSc2nnc3n(CCCOCC)c(=O)c4ccccc4n23)n1. The van der Waals surface area contributed by atoms with Crippen molar-refractivity contribution >= 4 is 28.4 Å². The molecule has 4 rings (SSSR count). The van der Waals surface area contributed by atoms with Gasteiger partial charge >= 0.3 is 0 Å². The normalized spacial score (nSPS) is 11.7. The first-order valence-electron chi connectivity index (χ1n) is 10.1. The number of hydrogen-bond donors (Lipinski definition) is 0. The first-order valence-corrected chi connectivity index (χ1v) is 11.1. The number of ether oxygens (including phenoxy) is 1. The number of aromatic nitrogens is 6. The van der Waals surface area contributed by atoms with E-state index in [1.165, 1.54) is 11.8 Å². The quantitative estimate of drug-likeness (QED) is 0.281. The van der Waals surface area contributed by atoms with Crippen molar-refractivity contribution in [1.82, 2.24) is 29.3 Å². The fourth-order valence-electron chi connectivity index (χ4n) is 3.30. The van der Waals surface area contributed by atoms with Gasteiger partial charge in [0.2, 0.25) is 11.7 Å². The molecule has 0 radical (unpaired) electrons. The minimum absolute atomic E-state index is 0.0698. The van der Waals surface area contributed by atoms with Crippen molar-refractivity contribution in [1.29, 1.82) is 0 Å². The minimum Gasteiger partial charge on any atom is -0.382 e. The van der Waals surface area contributed by atoms with E-state index in [1.54, 1.807) is 4.57 Å². The Kier molecular flexibility index (Phi) is 6.44. The van der Waals surface area contributed by atoms with Crippen LogP contribution >= 0.6 is 11.8 Å². The first kappa shape index (κ1) is 20.5. The molecule has 0 fully saturated rings. The van der Waals surface area contributed by atoms with Crippen LogP contribution in [-0.4, -0.2) is 42.5 Å². The molecule has 4 aromatic rings. The van der Waals surface area contributed by atoms with Crippen LogP contribution in [0.2, 0.25) is 0 Å². The van der Waals surface area contributed by atoms with E-state index in [0.717, 1.165) is 24.8 Å². The average molecular weight is 429 g/mol. The maximum atomic E-state index is 13.1. The van der Waals surface area contributed by atoms with Gasteiger partial charge in [0.25, 0.3) is 5.56 Å². The maximum Gasteiger partial charge on any atom is 0.262 e. The molecule has 9 nitrogen and oxygen atoms in total. The Morgan fingerprint density at radius 1 is 1.20 bits per heavy atom. The predicted molar refractivity (Wildman–Crippen MR) is 114 cm³/mol. The molecule has 0 aliphatic carbocycles. The third-order valence-electron chi connectivity index (χ3n) is 4.66. The summed E-state index contributed by atoms with van der Waals surface area (Å²) in [5.41, 5.74) is 0.711. The molecule has 3 heterocycles. The smallest absolute Gasteiger partial charge is 0.262 e. The second kappa shape index (κ2) is 9.40. The number of nitrogens with zero attached hydrogens (tertiary/aromatic N) is 6. The molecule has 30 heavy (non-hydrogen) atoms. The van der Waals surface area contributed by atoms with Gasteiger partial charge in [0.05, 0.1) is 16.7 Å². The van der Waals surface area contributed by atoms with Crippen molar-refractivity contribution in [2.45, 2.75) is 50.6 Å². The fourth-order valence-corrected chi connectivity index (χ4v) is 4.08. The van der Waals surface area contributed by atoms with Crippen LogP contribution in [0.4, 0.5) is 0 Å². The zero-order valence-corrected chi connectivity index (χ0v) is 17.9. The zero-order valence-electron chi connectivity index (χ0n) is 17.1. The summed E-state index contributed by atoms with van der Waals surface area (Å²) >= 11 is 1.46. The summed E-state index contributed by atoms with van der Waals surface area (Å²) in [5.74, 6) is 2.27. The van der Waals surface area contributed by atoms with Crippen molar-refractivity contribution in [2.24, 2.45) is 0 Å². The molecule has 0 amide bonds. The van der Waals surface area contributed by atoms with Crippen LogP contribution in [-0.2, 0) is 23.5 Å². The highest BCUT2D eigenvalue weighted by Crippen LogP contribution is 2.24. The van der Waals surface area contributed by atoms with E-state index in [2.05, 4.69) is 27.3 Å². The monoisotopic (exact) mass is 428 g/mol. The second-order valence-electron chi connectivity index (χ2n) is 6.79. The Hall–Kier alpha value is -2.72. The van der Waals surface area contributed by atoms with Crippen molar-refractivity contribution in [3.8, 4) is 0 Å². The van der Waals surface area contributed by atoms with Gasteiger partial charge in [-0.3, -0.25) is 13.8 Å². The predicted octanol–water partition coefficient (Wildman–Crippen LogP) is 3.10. The Morgan fingerprint density at radius 3 is 2.90 bits per heavy atom. The molecule has 3 aromatic heterocycles. The summed E-state index contributed by atoms with van der Waals surface area (Å²) < 4.78 is 14.3. The summed E-state index contributed by atoms with van der Waals surface area (Å²) in [4.78, 5) is 17.5. The molecule has 158 valence electrons. The third-order valence-corrected chi connectivity index (χ3v) is 5.57. The third kappa shape index (κ3) is 4.10. The van der Waals surface area contributed by atoms with Gasteiger partial charge < -0.3 is 9.26 Å². The van der Waals surface area contributed by atoms with Gasteiger partial charge in [-0.1, -0.05) is 36.0 Å². The highest BCUT2D eigenvalue weighted by atomic mass is 32.2. The van der Waals surface area contributed by atoms with Crippen molar-refractivity contribution in [3.63, 3.8) is 0 Å². The highest BCUT2D eigenvalue weighted by Gasteiger charge is 2.17. The van der Waals surface area contributed by atoms with Crippen LogP contribution in [0.3, 0.4) is 0 Å². The topological polar surface area (TPSA) is 100 Å². The highest BCUT2D eigenvalue weighted by molar-refractivity contribution is 7.98. The van der Waals surface area contributed by atoms with E-state index in [0.29, 0.717) is 53.5 Å². The molecule has 0 spiro atoms. The fraction of sp³-hybridized carbons (Fsp3) is 0.450. The first-order chi connectivity index (χ1) is 14.7. The number of para-hydroxylation sites is 1. The Morgan fingerprint density at radius 2 is 2.07 bits per heavy atom. The van der Waals surface area contributed by atoms with E-state index in [9.17, 15) is 4.79 Å². The zero-order chi connectivity index (χ0) is 20.9. The molecule has 0 aliphatic rings. The average Bonchev–Trinajstić information content (AvgIpc) is 3.39. The van der Waals surface area contributed by atoms with E-state index in [-0.39, 0.29) is 5.56 Å². The van der Waals surface area contributed by atoms with Gasteiger partial charge in [-0.05, 0) is 31.9 Å². The largest absolute Gasteiger partial charge is 0.382 e. The number of hydrogen-bond acceptors (Lipinski definition) is 8. The van der Waals surface area contributed by atoms with Crippen molar-refractivity contribution in [3.05, 3.63) is 46.3 Å². The van der Waals surface area contributed by atoms with E-state index < -0.39 is 0 Å². The number of aryl methyl sites for hydroxylation is 2. The Labute approximate surface area is 177 Å². The Balaban J connectivity index is 1.68. The number of rotatable bonds is 10. The van der Waals surface area contributed by atoms with Crippen LogP contribution < -0.4 is 5.56 Å². The maximum absolute atomic E-state index is 13.1. The number of fused-ring (bicyclic) bond motifs is 3. The van der Waals surface area contributed by atoms with Crippen LogP contribution in [0, 0.1) is 0 Å². The summed E-state index contributed by atoms with van der Waals surface area (Å²) in [6, 6.07) is 7.52. The summed E-state index contributed by atoms with van der Waals surface area (Å²) in [7, 11) is 0. The lowest BCUT2D eigenvalue weighted by molar-refractivity contribution is 0.141. The molecule has 0 bridgehead atoms. The van der Waals surface area contributed by atoms with E-state index in [4.69, 9.17) is 9.26 Å². The lowest BCUT2D eigenvalue weighted by Crippen LogP contribution is -2.24. The van der Waals surface area contributed by atoms with Crippen LogP contribution in [0.5, 0.6) is 0 Å². The van der Waals surface area contributed by atoms with Gasteiger partial charge in [0.15, 0.2) is 11.0 Å². The van der Waals surface area contributed by atoms with E-state index >= 15 is 0 Å². The van der Waals surface area contributed by atoms with Gasteiger partial charge in [-0.2, -0.15) is 4.98 Å². The van der Waals surface area contributed by atoms with Gasteiger partial charge in [0, 0.05) is 26.2 Å².